The van der Waals surface area contributed by atoms with Crippen LogP contribution >= 0.6 is 0 Å². The van der Waals surface area contributed by atoms with Gasteiger partial charge in [0.1, 0.15) is 6.26 Å². The molecular weight excluding hydrogens is 310 g/mol. The first kappa shape index (κ1) is 16.1. The molecule has 1 atom stereocenters. The molecule has 0 spiro atoms. The molecule has 3 rings (SSSR count). The van der Waals surface area contributed by atoms with Crippen molar-refractivity contribution < 1.29 is 14.0 Å². The predicted octanol–water partition coefficient (Wildman–Crippen LogP) is 1.39. The lowest BCUT2D eigenvalue weighted by Crippen LogP contribution is -2.29. The van der Waals surface area contributed by atoms with Crippen LogP contribution in [0.2, 0.25) is 0 Å². The summed E-state index contributed by atoms with van der Waals surface area (Å²) in [6.07, 6.45) is 6.43. The van der Waals surface area contributed by atoms with Crippen LogP contribution in [0.1, 0.15) is 53.6 Å². The summed E-state index contributed by atoms with van der Waals surface area (Å²) in [7, 11) is 0. The first-order valence-corrected chi connectivity index (χ1v) is 7.83. The SMILES string of the molecule is CC(=O)N1CCCC1c1cncc(CNC(=O)c2coc(C)n2)n1. The summed E-state index contributed by atoms with van der Waals surface area (Å²) >= 11 is 0. The van der Waals surface area contributed by atoms with Gasteiger partial charge in [-0.2, -0.15) is 0 Å². The topological polar surface area (TPSA) is 101 Å². The van der Waals surface area contributed by atoms with Gasteiger partial charge in [-0.1, -0.05) is 0 Å². The summed E-state index contributed by atoms with van der Waals surface area (Å²) in [4.78, 5) is 38.2. The smallest absolute Gasteiger partial charge is 0.273 e. The Morgan fingerprint density at radius 1 is 1.38 bits per heavy atom. The second-order valence-electron chi connectivity index (χ2n) is 5.74. The lowest BCUT2D eigenvalue weighted by molar-refractivity contribution is -0.129. The number of hydrogen-bond donors (Lipinski definition) is 1. The van der Waals surface area contributed by atoms with Crippen LogP contribution in [0.3, 0.4) is 0 Å². The second kappa shape index (κ2) is 6.77. The average molecular weight is 329 g/mol. The molecule has 126 valence electrons. The molecule has 1 N–H and O–H groups in total. The van der Waals surface area contributed by atoms with E-state index in [2.05, 4.69) is 20.3 Å². The van der Waals surface area contributed by atoms with E-state index in [-0.39, 0.29) is 30.1 Å². The molecule has 2 aromatic rings. The summed E-state index contributed by atoms with van der Waals surface area (Å²) in [6, 6.07) is -0.0381. The van der Waals surface area contributed by atoms with Crippen molar-refractivity contribution in [2.75, 3.05) is 6.54 Å². The van der Waals surface area contributed by atoms with Crippen LogP contribution in [0.25, 0.3) is 0 Å². The van der Waals surface area contributed by atoms with Gasteiger partial charge in [-0.05, 0) is 12.8 Å². The third-order valence-corrected chi connectivity index (χ3v) is 3.98. The summed E-state index contributed by atoms with van der Waals surface area (Å²) in [5, 5.41) is 2.74. The second-order valence-corrected chi connectivity index (χ2v) is 5.74. The Bertz CT molecular complexity index is 758. The lowest BCUT2D eigenvalue weighted by atomic mass is 10.1. The molecule has 24 heavy (non-hydrogen) atoms. The Morgan fingerprint density at radius 3 is 2.92 bits per heavy atom. The molecule has 2 amide bonds. The van der Waals surface area contributed by atoms with Crippen molar-refractivity contribution in [3.63, 3.8) is 0 Å². The molecule has 0 aromatic carbocycles. The van der Waals surface area contributed by atoms with Crippen LogP contribution in [0, 0.1) is 6.92 Å². The third kappa shape index (κ3) is 3.42. The van der Waals surface area contributed by atoms with Crippen molar-refractivity contribution in [2.45, 2.75) is 39.3 Å². The Kier molecular flexibility index (Phi) is 4.54. The molecular formula is C16H19N5O3. The molecule has 8 heteroatoms. The highest BCUT2D eigenvalue weighted by molar-refractivity contribution is 5.91. The zero-order chi connectivity index (χ0) is 17.1. The molecule has 1 unspecified atom stereocenters. The molecule has 0 bridgehead atoms. The number of nitrogens with zero attached hydrogens (tertiary/aromatic N) is 4. The highest BCUT2D eigenvalue weighted by Crippen LogP contribution is 2.30. The predicted molar refractivity (Wildman–Crippen MR) is 83.8 cm³/mol. The Hall–Kier alpha value is -2.77. The summed E-state index contributed by atoms with van der Waals surface area (Å²) in [6.45, 7) is 4.22. The quantitative estimate of drug-likeness (QED) is 0.909. The van der Waals surface area contributed by atoms with E-state index < -0.39 is 0 Å². The van der Waals surface area contributed by atoms with Crippen LogP contribution in [0.15, 0.2) is 23.1 Å². The van der Waals surface area contributed by atoms with Crippen molar-refractivity contribution in [3.05, 3.63) is 41.6 Å². The molecule has 1 saturated heterocycles. The Morgan fingerprint density at radius 2 is 2.21 bits per heavy atom. The zero-order valence-corrected chi connectivity index (χ0v) is 13.7. The fourth-order valence-corrected chi connectivity index (χ4v) is 2.85. The summed E-state index contributed by atoms with van der Waals surface area (Å²) in [5.41, 5.74) is 1.62. The van der Waals surface area contributed by atoms with Gasteiger partial charge < -0.3 is 14.6 Å². The van der Waals surface area contributed by atoms with Crippen molar-refractivity contribution >= 4 is 11.8 Å². The average Bonchev–Trinajstić information content (AvgIpc) is 3.22. The van der Waals surface area contributed by atoms with E-state index in [0.29, 0.717) is 11.6 Å². The third-order valence-electron chi connectivity index (χ3n) is 3.98. The van der Waals surface area contributed by atoms with E-state index in [1.54, 1.807) is 26.2 Å². The number of carbonyl (C=O) groups excluding carboxylic acids is 2. The number of aryl methyl sites for hydroxylation is 1. The zero-order valence-electron chi connectivity index (χ0n) is 13.7. The fourth-order valence-electron chi connectivity index (χ4n) is 2.85. The number of hydrogen-bond acceptors (Lipinski definition) is 6. The van der Waals surface area contributed by atoms with Gasteiger partial charge in [0.25, 0.3) is 5.91 Å². The standard InChI is InChI=1S/C16H19N5O3/c1-10-19-14(9-24-10)16(23)18-7-12-6-17-8-13(20-12)15-4-3-5-21(15)11(2)22/h6,8-9,15H,3-5,7H2,1-2H3,(H,18,23). The highest BCUT2D eigenvalue weighted by atomic mass is 16.3. The van der Waals surface area contributed by atoms with E-state index in [4.69, 9.17) is 4.42 Å². The maximum absolute atomic E-state index is 12.0. The Labute approximate surface area is 139 Å². The normalized spacial score (nSPS) is 17.1. The van der Waals surface area contributed by atoms with E-state index in [1.165, 1.54) is 6.26 Å². The van der Waals surface area contributed by atoms with Gasteiger partial charge in [0.05, 0.1) is 36.4 Å². The number of nitrogens with one attached hydrogen (secondary N) is 1. The van der Waals surface area contributed by atoms with Crippen LogP contribution < -0.4 is 5.32 Å². The minimum absolute atomic E-state index is 0.0381. The lowest BCUT2D eigenvalue weighted by Gasteiger charge is -2.22. The number of rotatable bonds is 4. The maximum Gasteiger partial charge on any atom is 0.273 e. The summed E-state index contributed by atoms with van der Waals surface area (Å²) < 4.78 is 5.02. The first-order chi connectivity index (χ1) is 11.5. The van der Waals surface area contributed by atoms with Crippen LogP contribution in [-0.2, 0) is 11.3 Å². The molecule has 8 nitrogen and oxygen atoms in total. The maximum atomic E-state index is 12.0. The molecule has 1 aliphatic rings. The van der Waals surface area contributed by atoms with Crippen molar-refractivity contribution in [1.82, 2.24) is 25.2 Å². The van der Waals surface area contributed by atoms with Gasteiger partial charge in [0.15, 0.2) is 11.6 Å². The van der Waals surface area contributed by atoms with Gasteiger partial charge in [-0.15, -0.1) is 0 Å². The van der Waals surface area contributed by atoms with Crippen LogP contribution in [0.4, 0.5) is 0 Å². The first-order valence-electron chi connectivity index (χ1n) is 7.83. The fraction of sp³-hybridized carbons (Fsp3) is 0.438. The van der Waals surface area contributed by atoms with Crippen molar-refractivity contribution in [3.8, 4) is 0 Å². The van der Waals surface area contributed by atoms with E-state index >= 15 is 0 Å². The molecule has 1 fully saturated rings. The number of carbonyl (C=O) groups is 2. The minimum Gasteiger partial charge on any atom is -0.448 e. The molecule has 0 radical (unpaired) electrons. The van der Waals surface area contributed by atoms with E-state index in [9.17, 15) is 9.59 Å². The number of aromatic nitrogens is 3. The molecule has 1 aliphatic heterocycles. The molecule has 0 saturated carbocycles. The van der Waals surface area contributed by atoms with Gasteiger partial charge in [-0.25, -0.2) is 4.98 Å². The van der Waals surface area contributed by atoms with E-state index in [1.807, 2.05) is 4.90 Å². The largest absolute Gasteiger partial charge is 0.448 e. The van der Waals surface area contributed by atoms with Crippen molar-refractivity contribution in [1.29, 1.82) is 0 Å². The highest BCUT2D eigenvalue weighted by Gasteiger charge is 2.29. The number of amides is 2. The van der Waals surface area contributed by atoms with Gasteiger partial charge in [0.2, 0.25) is 5.91 Å². The monoisotopic (exact) mass is 329 g/mol. The summed E-state index contributed by atoms with van der Waals surface area (Å²) in [5.74, 6) is 0.150. The molecule has 3 heterocycles. The van der Waals surface area contributed by atoms with E-state index in [0.717, 1.165) is 25.1 Å². The molecule has 0 aliphatic carbocycles. The number of oxazole rings is 1. The Balaban J connectivity index is 1.67. The van der Waals surface area contributed by atoms with Gasteiger partial charge >= 0.3 is 0 Å². The number of likely N-dealkylation sites (tertiary alicyclic amines) is 1. The van der Waals surface area contributed by atoms with Gasteiger partial charge in [-0.3, -0.25) is 19.6 Å². The van der Waals surface area contributed by atoms with Crippen LogP contribution in [0.5, 0.6) is 0 Å². The van der Waals surface area contributed by atoms with Crippen LogP contribution in [-0.4, -0.2) is 38.2 Å². The van der Waals surface area contributed by atoms with Crippen molar-refractivity contribution in [2.24, 2.45) is 0 Å². The van der Waals surface area contributed by atoms with Gasteiger partial charge in [0, 0.05) is 20.4 Å². The molecule has 2 aromatic heterocycles. The minimum atomic E-state index is -0.328.